The van der Waals surface area contributed by atoms with Gasteiger partial charge in [0, 0.05) is 0 Å². The fourth-order valence-electron chi connectivity index (χ4n) is 1.11. The molecule has 0 bridgehead atoms. The summed E-state index contributed by atoms with van der Waals surface area (Å²) in [5.41, 5.74) is 0. The molecule has 0 heterocycles. The largest absolute Gasteiger partial charge is 0.368 e. The molecule has 12 heavy (non-hydrogen) atoms. The maximum Gasteiger partial charge on any atom is 0.158 e. The number of ether oxygens (including phenoxy) is 2. The first-order valence-corrected chi connectivity index (χ1v) is 4.55. The first-order valence-electron chi connectivity index (χ1n) is 4.55. The van der Waals surface area contributed by atoms with E-state index in [1.54, 1.807) is 13.8 Å². The van der Waals surface area contributed by atoms with Crippen molar-refractivity contribution in [1.29, 1.82) is 0 Å². The average Bonchev–Trinajstić information content (AvgIpc) is 1.84. The maximum absolute atomic E-state index is 8.86. The highest BCUT2D eigenvalue weighted by molar-refractivity contribution is 4.48. The minimum atomic E-state index is -0.756. The Bertz CT molecular complexity index is 104. The molecule has 0 spiro atoms. The standard InChI is InChI=1S/C9H20O3/c1-5-6-7(2)11-9(4)12-8(3)10/h7-10H,5-6H2,1-4H3. The van der Waals surface area contributed by atoms with Gasteiger partial charge in [0.25, 0.3) is 0 Å². The molecule has 3 nitrogen and oxygen atoms in total. The predicted octanol–water partition coefficient (Wildman–Crippen LogP) is 1.89. The van der Waals surface area contributed by atoms with E-state index in [2.05, 4.69) is 6.92 Å². The Labute approximate surface area is 74.7 Å². The molecule has 0 aliphatic rings. The van der Waals surface area contributed by atoms with Crippen LogP contribution in [-0.2, 0) is 9.47 Å². The van der Waals surface area contributed by atoms with E-state index >= 15 is 0 Å². The first kappa shape index (κ1) is 11.9. The lowest BCUT2D eigenvalue weighted by Crippen LogP contribution is -2.23. The SMILES string of the molecule is CCCC(C)OC(C)OC(C)O. The number of hydrogen-bond acceptors (Lipinski definition) is 3. The third-order valence-corrected chi connectivity index (χ3v) is 1.51. The van der Waals surface area contributed by atoms with Crippen LogP contribution in [0.25, 0.3) is 0 Å². The molecular formula is C9H20O3. The highest BCUT2D eigenvalue weighted by atomic mass is 16.7. The van der Waals surface area contributed by atoms with Crippen molar-refractivity contribution in [2.75, 3.05) is 0 Å². The van der Waals surface area contributed by atoms with Crippen LogP contribution in [0, 0.1) is 0 Å². The molecule has 3 unspecified atom stereocenters. The highest BCUT2D eigenvalue weighted by Gasteiger charge is 2.09. The molecule has 0 saturated carbocycles. The summed E-state index contributed by atoms with van der Waals surface area (Å²) in [5, 5.41) is 8.86. The van der Waals surface area contributed by atoms with Crippen molar-refractivity contribution in [2.24, 2.45) is 0 Å². The summed E-state index contributed by atoms with van der Waals surface area (Å²) < 4.78 is 10.4. The third-order valence-electron chi connectivity index (χ3n) is 1.51. The van der Waals surface area contributed by atoms with Gasteiger partial charge in [0.1, 0.15) is 0 Å². The minimum absolute atomic E-state index is 0.198. The van der Waals surface area contributed by atoms with Gasteiger partial charge in [-0.05, 0) is 27.2 Å². The molecule has 0 saturated heterocycles. The van der Waals surface area contributed by atoms with Crippen LogP contribution in [-0.4, -0.2) is 23.8 Å². The zero-order valence-electron chi connectivity index (χ0n) is 8.41. The Morgan fingerprint density at radius 3 is 2.17 bits per heavy atom. The molecule has 0 rings (SSSR count). The topological polar surface area (TPSA) is 38.7 Å². The number of rotatable bonds is 6. The molecule has 1 N–H and O–H groups in total. The van der Waals surface area contributed by atoms with E-state index in [0.29, 0.717) is 0 Å². The molecule has 0 aliphatic carbocycles. The third kappa shape index (κ3) is 6.58. The van der Waals surface area contributed by atoms with Gasteiger partial charge in [0.15, 0.2) is 12.6 Å². The van der Waals surface area contributed by atoms with Gasteiger partial charge in [-0.15, -0.1) is 0 Å². The summed E-state index contributed by atoms with van der Waals surface area (Å²) in [5.74, 6) is 0. The van der Waals surface area contributed by atoms with Crippen LogP contribution >= 0.6 is 0 Å². The second-order valence-corrected chi connectivity index (χ2v) is 3.04. The van der Waals surface area contributed by atoms with Crippen molar-refractivity contribution in [2.45, 2.75) is 59.2 Å². The summed E-state index contributed by atoms with van der Waals surface area (Å²) in [4.78, 5) is 0. The van der Waals surface area contributed by atoms with Gasteiger partial charge in [0.05, 0.1) is 6.10 Å². The molecule has 74 valence electrons. The molecular weight excluding hydrogens is 156 g/mol. The summed E-state index contributed by atoms with van der Waals surface area (Å²) >= 11 is 0. The van der Waals surface area contributed by atoms with Crippen LogP contribution in [0.4, 0.5) is 0 Å². The lowest BCUT2D eigenvalue weighted by atomic mass is 10.2. The van der Waals surface area contributed by atoms with Crippen LogP contribution in [0.2, 0.25) is 0 Å². The van der Waals surface area contributed by atoms with E-state index in [0.717, 1.165) is 12.8 Å². The fourth-order valence-corrected chi connectivity index (χ4v) is 1.11. The van der Waals surface area contributed by atoms with E-state index in [-0.39, 0.29) is 12.4 Å². The van der Waals surface area contributed by atoms with Crippen LogP contribution < -0.4 is 0 Å². The monoisotopic (exact) mass is 176 g/mol. The van der Waals surface area contributed by atoms with Crippen molar-refractivity contribution < 1.29 is 14.6 Å². The lowest BCUT2D eigenvalue weighted by molar-refractivity contribution is -0.227. The van der Waals surface area contributed by atoms with Gasteiger partial charge >= 0.3 is 0 Å². The summed E-state index contributed by atoms with van der Waals surface area (Å²) in [6.45, 7) is 7.48. The Balaban J connectivity index is 3.46. The zero-order valence-corrected chi connectivity index (χ0v) is 8.41. The summed E-state index contributed by atoms with van der Waals surface area (Å²) in [7, 11) is 0. The van der Waals surface area contributed by atoms with Gasteiger partial charge in [-0.1, -0.05) is 13.3 Å². The van der Waals surface area contributed by atoms with Gasteiger partial charge in [-0.2, -0.15) is 0 Å². The molecule has 0 radical (unpaired) electrons. The van der Waals surface area contributed by atoms with E-state index < -0.39 is 6.29 Å². The molecule has 0 aromatic heterocycles. The van der Waals surface area contributed by atoms with E-state index in [9.17, 15) is 0 Å². The van der Waals surface area contributed by atoms with Crippen molar-refractivity contribution in [3.8, 4) is 0 Å². The van der Waals surface area contributed by atoms with Crippen LogP contribution in [0.5, 0.6) is 0 Å². The number of hydrogen-bond donors (Lipinski definition) is 1. The fraction of sp³-hybridized carbons (Fsp3) is 1.00. The van der Waals surface area contributed by atoms with E-state index in [1.807, 2.05) is 6.92 Å². The molecule has 3 atom stereocenters. The maximum atomic E-state index is 8.86. The minimum Gasteiger partial charge on any atom is -0.368 e. The van der Waals surface area contributed by atoms with Crippen molar-refractivity contribution in [1.82, 2.24) is 0 Å². The molecule has 0 aromatic carbocycles. The van der Waals surface area contributed by atoms with Gasteiger partial charge in [-0.3, -0.25) is 0 Å². The second-order valence-electron chi connectivity index (χ2n) is 3.04. The Hall–Kier alpha value is -0.120. The normalized spacial score (nSPS) is 18.8. The average molecular weight is 176 g/mol. The second kappa shape index (κ2) is 6.40. The number of aliphatic hydroxyl groups excluding tert-OH is 1. The molecule has 3 heteroatoms. The Kier molecular flexibility index (Phi) is 6.34. The van der Waals surface area contributed by atoms with Gasteiger partial charge < -0.3 is 14.6 Å². The van der Waals surface area contributed by atoms with Crippen molar-refractivity contribution >= 4 is 0 Å². The van der Waals surface area contributed by atoms with Crippen molar-refractivity contribution in [3.63, 3.8) is 0 Å². The Morgan fingerprint density at radius 1 is 1.17 bits per heavy atom. The Morgan fingerprint density at radius 2 is 1.75 bits per heavy atom. The zero-order chi connectivity index (χ0) is 9.56. The summed E-state index contributed by atoms with van der Waals surface area (Å²) in [6, 6.07) is 0. The first-order chi connectivity index (χ1) is 5.56. The van der Waals surface area contributed by atoms with E-state index in [1.165, 1.54) is 0 Å². The quantitative estimate of drug-likeness (QED) is 0.628. The van der Waals surface area contributed by atoms with Gasteiger partial charge in [-0.25, -0.2) is 0 Å². The summed E-state index contributed by atoms with van der Waals surface area (Å²) in [6.07, 6.45) is 1.24. The van der Waals surface area contributed by atoms with Gasteiger partial charge in [0.2, 0.25) is 0 Å². The van der Waals surface area contributed by atoms with Crippen LogP contribution in [0.15, 0.2) is 0 Å². The van der Waals surface area contributed by atoms with Crippen LogP contribution in [0.3, 0.4) is 0 Å². The highest BCUT2D eigenvalue weighted by Crippen LogP contribution is 2.06. The van der Waals surface area contributed by atoms with Crippen LogP contribution in [0.1, 0.15) is 40.5 Å². The molecule has 0 aliphatic heterocycles. The predicted molar refractivity (Wildman–Crippen MR) is 47.7 cm³/mol. The van der Waals surface area contributed by atoms with E-state index in [4.69, 9.17) is 14.6 Å². The molecule has 0 aromatic rings. The number of aliphatic hydroxyl groups is 1. The molecule has 0 fully saturated rings. The molecule has 0 amide bonds. The van der Waals surface area contributed by atoms with Crippen molar-refractivity contribution in [3.05, 3.63) is 0 Å². The lowest BCUT2D eigenvalue weighted by Gasteiger charge is -2.20. The smallest absolute Gasteiger partial charge is 0.158 e.